The molecule has 2 aliphatic heterocycles. The van der Waals surface area contributed by atoms with Crippen molar-refractivity contribution >= 4 is 6.03 Å². The van der Waals surface area contributed by atoms with Gasteiger partial charge in [0.15, 0.2) is 0 Å². The molecule has 3 rings (SSSR count). The number of rotatable bonds is 5. The van der Waals surface area contributed by atoms with Crippen LogP contribution in [0.3, 0.4) is 0 Å². The van der Waals surface area contributed by atoms with Gasteiger partial charge in [0, 0.05) is 12.6 Å². The van der Waals surface area contributed by atoms with Gasteiger partial charge in [0.25, 0.3) is 0 Å². The Labute approximate surface area is 149 Å². The van der Waals surface area contributed by atoms with Gasteiger partial charge in [-0.25, -0.2) is 9.18 Å². The fourth-order valence-corrected chi connectivity index (χ4v) is 3.66. The SMILES string of the molecule is O=C(NCc1ccc(F)cc1)N(CN1CCCCC1)C1CCNCC1. The van der Waals surface area contributed by atoms with E-state index in [1.54, 1.807) is 12.1 Å². The Morgan fingerprint density at radius 3 is 2.52 bits per heavy atom. The fourth-order valence-electron chi connectivity index (χ4n) is 3.66. The third kappa shape index (κ3) is 5.41. The molecule has 2 N–H and O–H groups in total. The van der Waals surface area contributed by atoms with Crippen LogP contribution in [0.2, 0.25) is 0 Å². The number of carbonyl (C=O) groups excluding carboxylic acids is 1. The average Bonchev–Trinajstić information content (AvgIpc) is 2.67. The van der Waals surface area contributed by atoms with Crippen LogP contribution in [0.15, 0.2) is 24.3 Å². The molecule has 0 atom stereocenters. The number of amides is 2. The third-order valence-corrected chi connectivity index (χ3v) is 5.17. The van der Waals surface area contributed by atoms with Gasteiger partial charge >= 0.3 is 6.03 Å². The smallest absolute Gasteiger partial charge is 0.318 e. The van der Waals surface area contributed by atoms with Crippen molar-refractivity contribution in [2.45, 2.75) is 44.7 Å². The molecule has 6 heteroatoms. The summed E-state index contributed by atoms with van der Waals surface area (Å²) in [5.74, 6) is -0.253. The lowest BCUT2D eigenvalue weighted by molar-refractivity contribution is 0.0877. The van der Waals surface area contributed by atoms with Gasteiger partial charge in [-0.3, -0.25) is 4.90 Å². The first kappa shape index (κ1) is 18.1. The van der Waals surface area contributed by atoms with Crippen molar-refractivity contribution in [3.8, 4) is 0 Å². The number of piperidine rings is 2. The Morgan fingerprint density at radius 1 is 1.16 bits per heavy atom. The Bertz CT molecular complexity index is 539. The van der Waals surface area contributed by atoms with Crippen molar-refractivity contribution in [1.82, 2.24) is 20.4 Å². The summed E-state index contributed by atoms with van der Waals surface area (Å²) in [7, 11) is 0. The Balaban J connectivity index is 1.59. The predicted octanol–water partition coefficient (Wildman–Crippen LogP) is 2.53. The van der Waals surface area contributed by atoms with Gasteiger partial charge in [0.05, 0.1) is 6.67 Å². The molecule has 2 heterocycles. The van der Waals surface area contributed by atoms with Crippen LogP contribution in [-0.4, -0.2) is 54.7 Å². The maximum Gasteiger partial charge on any atom is 0.318 e. The van der Waals surface area contributed by atoms with E-state index in [4.69, 9.17) is 0 Å². The van der Waals surface area contributed by atoms with Gasteiger partial charge in [0.1, 0.15) is 5.82 Å². The van der Waals surface area contributed by atoms with E-state index >= 15 is 0 Å². The number of urea groups is 1. The second-order valence-electron chi connectivity index (χ2n) is 7.06. The van der Waals surface area contributed by atoms with Gasteiger partial charge in [-0.05, 0) is 69.6 Å². The van der Waals surface area contributed by atoms with E-state index in [0.717, 1.165) is 44.6 Å². The fraction of sp³-hybridized carbons (Fsp3) is 0.632. The number of hydrogen-bond donors (Lipinski definition) is 2. The van der Waals surface area contributed by atoms with Crippen LogP contribution in [0.4, 0.5) is 9.18 Å². The van der Waals surface area contributed by atoms with Crippen molar-refractivity contribution < 1.29 is 9.18 Å². The average molecular weight is 348 g/mol. The molecule has 2 fully saturated rings. The zero-order valence-corrected chi connectivity index (χ0v) is 14.8. The monoisotopic (exact) mass is 348 g/mol. The molecule has 0 aromatic heterocycles. The second kappa shape index (κ2) is 9.15. The highest BCUT2D eigenvalue weighted by atomic mass is 19.1. The Kier molecular flexibility index (Phi) is 6.64. The zero-order valence-electron chi connectivity index (χ0n) is 14.8. The lowest BCUT2D eigenvalue weighted by Crippen LogP contribution is -2.54. The van der Waals surface area contributed by atoms with E-state index in [9.17, 15) is 9.18 Å². The topological polar surface area (TPSA) is 47.6 Å². The number of likely N-dealkylation sites (tertiary alicyclic amines) is 1. The lowest BCUT2D eigenvalue weighted by Gasteiger charge is -2.39. The second-order valence-corrected chi connectivity index (χ2v) is 7.06. The van der Waals surface area contributed by atoms with Crippen LogP contribution in [-0.2, 0) is 6.54 Å². The van der Waals surface area contributed by atoms with Crippen molar-refractivity contribution in [3.05, 3.63) is 35.6 Å². The quantitative estimate of drug-likeness (QED) is 0.860. The molecule has 0 aliphatic carbocycles. The highest BCUT2D eigenvalue weighted by molar-refractivity contribution is 5.74. The largest absolute Gasteiger partial charge is 0.334 e. The lowest BCUT2D eigenvalue weighted by atomic mass is 10.1. The minimum absolute atomic E-state index is 0.0122. The molecule has 1 aromatic carbocycles. The molecule has 0 spiro atoms. The molecular formula is C19H29FN4O. The normalized spacial score (nSPS) is 19.6. The summed E-state index contributed by atoms with van der Waals surface area (Å²) in [5.41, 5.74) is 0.915. The molecule has 138 valence electrons. The van der Waals surface area contributed by atoms with Crippen molar-refractivity contribution in [3.63, 3.8) is 0 Å². The van der Waals surface area contributed by atoms with E-state index < -0.39 is 0 Å². The highest BCUT2D eigenvalue weighted by Gasteiger charge is 2.27. The number of carbonyl (C=O) groups is 1. The van der Waals surface area contributed by atoms with E-state index in [0.29, 0.717) is 13.2 Å². The van der Waals surface area contributed by atoms with E-state index in [-0.39, 0.29) is 17.9 Å². The van der Waals surface area contributed by atoms with Crippen LogP contribution in [0.1, 0.15) is 37.7 Å². The van der Waals surface area contributed by atoms with Crippen LogP contribution >= 0.6 is 0 Å². The maximum absolute atomic E-state index is 13.0. The summed E-state index contributed by atoms with van der Waals surface area (Å²) in [6.45, 7) is 5.22. The molecule has 2 saturated heterocycles. The van der Waals surface area contributed by atoms with Crippen LogP contribution in [0.5, 0.6) is 0 Å². The zero-order chi connectivity index (χ0) is 17.5. The number of benzene rings is 1. The van der Waals surface area contributed by atoms with E-state index in [1.807, 2.05) is 4.90 Å². The molecule has 5 nitrogen and oxygen atoms in total. The Morgan fingerprint density at radius 2 is 1.84 bits per heavy atom. The molecule has 0 radical (unpaired) electrons. The predicted molar refractivity (Wildman–Crippen MR) is 96.7 cm³/mol. The highest BCUT2D eigenvalue weighted by Crippen LogP contribution is 2.16. The van der Waals surface area contributed by atoms with Gasteiger partial charge in [-0.2, -0.15) is 0 Å². The van der Waals surface area contributed by atoms with Crippen molar-refractivity contribution in [2.24, 2.45) is 0 Å². The van der Waals surface area contributed by atoms with Crippen molar-refractivity contribution in [2.75, 3.05) is 32.8 Å². The first-order valence-electron chi connectivity index (χ1n) is 9.44. The van der Waals surface area contributed by atoms with Crippen LogP contribution in [0, 0.1) is 5.82 Å². The van der Waals surface area contributed by atoms with Gasteiger partial charge in [-0.15, -0.1) is 0 Å². The number of nitrogens with one attached hydrogen (secondary N) is 2. The van der Waals surface area contributed by atoms with E-state index in [1.165, 1.54) is 31.4 Å². The molecule has 1 aromatic rings. The molecule has 25 heavy (non-hydrogen) atoms. The first-order valence-corrected chi connectivity index (χ1v) is 9.44. The summed E-state index contributed by atoms with van der Waals surface area (Å²) in [6, 6.07) is 6.57. The summed E-state index contributed by atoms with van der Waals surface area (Å²) in [6.07, 6.45) is 5.73. The minimum atomic E-state index is -0.253. The summed E-state index contributed by atoms with van der Waals surface area (Å²) >= 11 is 0. The molecule has 2 aliphatic rings. The van der Waals surface area contributed by atoms with Gasteiger partial charge < -0.3 is 15.5 Å². The summed E-state index contributed by atoms with van der Waals surface area (Å²) in [5, 5.41) is 6.39. The number of nitrogens with zero attached hydrogens (tertiary/aromatic N) is 2. The molecule has 0 bridgehead atoms. The molecule has 0 unspecified atom stereocenters. The van der Waals surface area contributed by atoms with E-state index in [2.05, 4.69) is 15.5 Å². The maximum atomic E-state index is 13.0. The van der Waals surface area contributed by atoms with Gasteiger partial charge in [-0.1, -0.05) is 18.6 Å². The first-order chi connectivity index (χ1) is 12.2. The van der Waals surface area contributed by atoms with Crippen LogP contribution < -0.4 is 10.6 Å². The van der Waals surface area contributed by atoms with Crippen molar-refractivity contribution in [1.29, 1.82) is 0 Å². The summed E-state index contributed by atoms with van der Waals surface area (Å²) < 4.78 is 13.0. The Hall–Kier alpha value is -1.66. The standard InChI is InChI=1S/C19H29FN4O/c20-17-6-4-16(5-7-17)14-22-19(25)24(18-8-10-21-11-9-18)15-23-12-2-1-3-13-23/h4-7,18,21H,1-3,8-15H2,(H,22,25). The third-order valence-electron chi connectivity index (χ3n) is 5.17. The van der Waals surface area contributed by atoms with Crippen LogP contribution in [0.25, 0.3) is 0 Å². The number of halogens is 1. The summed E-state index contributed by atoms with van der Waals surface area (Å²) in [4.78, 5) is 17.3. The number of hydrogen-bond acceptors (Lipinski definition) is 3. The molecule has 2 amide bonds. The molecular weight excluding hydrogens is 319 g/mol. The van der Waals surface area contributed by atoms with Gasteiger partial charge in [0.2, 0.25) is 0 Å². The minimum Gasteiger partial charge on any atom is -0.334 e. The molecule has 0 saturated carbocycles.